The third-order valence-corrected chi connectivity index (χ3v) is 4.89. The number of hydrogen-bond donors (Lipinski definition) is 0. The molecule has 1 aromatic heterocycles. The summed E-state index contributed by atoms with van der Waals surface area (Å²) in [6.45, 7) is 0.177. The minimum atomic E-state index is -0.743. The van der Waals surface area contributed by atoms with E-state index >= 15 is 0 Å². The van der Waals surface area contributed by atoms with Crippen molar-refractivity contribution in [2.24, 2.45) is 0 Å². The summed E-state index contributed by atoms with van der Waals surface area (Å²) < 4.78 is 10.7. The molecule has 0 amide bonds. The number of nitriles is 1. The summed E-state index contributed by atoms with van der Waals surface area (Å²) in [7, 11) is 0. The van der Waals surface area contributed by atoms with Gasteiger partial charge < -0.3 is 14.6 Å². The van der Waals surface area contributed by atoms with Crippen LogP contribution in [0.25, 0.3) is 22.9 Å². The molecule has 28 heavy (non-hydrogen) atoms. The Bertz CT molecular complexity index is 1160. The van der Waals surface area contributed by atoms with E-state index in [0.717, 1.165) is 17.7 Å². The summed E-state index contributed by atoms with van der Waals surface area (Å²) in [5, 5.41) is 34.2. The van der Waals surface area contributed by atoms with Crippen LogP contribution in [0.15, 0.2) is 41.8 Å². The zero-order chi connectivity index (χ0) is 19.7. The average Bonchev–Trinajstić information content (AvgIpc) is 3.35. The summed E-state index contributed by atoms with van der Waals surface area (Å²) in [5.74, 6) is 0.619. The van der Waals surface area contributed by atoms with Gasteiger partial charge in [0.25, 0.3) is 5.69 Å². The molecule has 0 saturated carbocycles. The maximum absolute atomic E-state index is 11.5. The zero-order valence-electron chi connectivity index (χ0n) is 14.1. The maximum atomic E-state index is 11.5. The van der Waals surface area contributed by atoms with Crippen molar-refractivity contribution in [3.8, 4) is 34.6 Å². The molecular weight excluding hydrogens is 382 g/mol. The first-order valence-electron chi connectivity index (χ1n) is 7.98. The van der Waals surface area contributed by atoms with Crippen LogP contribution in [0.2, 0.25) is 0 Å². The zero-order valence-corrected chi connectivity index (χ0v) is 14.9. The molecule has 9 heteroatoms. The molecule has 1 aliphatic heterocycles. The van der Waals surface area contributed by atoms with Crippen LogP contribution in [0, 0.1) is 21.4 Å². The van der Waals surface area contributed by atoms with Gasteiger partial charge in [0.15, 0.2) is 11.5 Å². The summed E-state index contributed by atoms with van der Waals surface area (Å²) >= 11 is 1.27. The van der Waals surface area contributed by atoms with Gasteiger partial charge in [-0.15, -0.1) is 11.3 Å². The van der Waals surface area contributed by atoms with E-state index in [1.165, 1.54) is 23.5 Å². The molecule has 0 unspecified atom stereocenters. The number of thiazole rings is 1. The van der Waals surface area contributed by atoms with Crippen LogP contribution in [-0.2, 0) is 0 Å². The lowest BCUT2D eigenvalue weighted by Gasteiger charge is -2.06. The second-order valence-electron chi connectivity index (χ2n) is 5.76. The van der Waals surface area contributed by atoms with E-state index in [4.69, 9.17) is 9.47 Å². The van der Waals surface area contributed by atoms with E-state index in [9.17, 15) is 20.5 Å². The molecule has 8 nitrogen and oxygen atoms in total. The smallest absolute Gasteiger partial charge is 0.262 e. The van der Waals surface area contributed by atoms with E-state index in [-0.39, 0.29) is 12.4 Å². The van der Waals surface area contributed by atoms with Gasteiger partial charge in [0.05, 0.1) is 16.2 Å². The number of hydrogen-bond acceptors (Lipinski definition) is 8. The van der Waals surface area contributed by atoms with Crippen LogP contribution in [0.5, 0.6) is 17.2 Å². The fourth-order valence-corrected chi connectivity index (χ4v) is 3.46. The van der Waals surface area contributed by atoms with Crippen LogP contribution in [0.1, 0.15) is 10.6 Å². The van der Waals surface area contributed by atoms with Gasteiger partial charge >= 0.3 is 0 Å². The predicted molar refractivity (Wildman–Crippen MR) is 99.7 cm³/mol. The van der Waals surface area contributed by atoms with E-state index in [0.29, 0.717) is 27.8 Å². The maximum Gasteiger partial charge on any atom is 0.262 e. The molecule has 2 heterocycles. The van der Waals surface area contributed by atoms with Crippen LogP contribution >= 0.6 is 11.3 Å². The van der Waals surface area contributed by atoms with Crippen molar-refractivity contribution in [3.05, 3.63) is 62.5 Å². The number of allylic oxidation sites excluding steroid dienone is 1. The van der Waals surface area contributed by atoms with Crippen molar-refractivity contribution in [2.75, 3.05) is 6.79 Å². The first-order chi connectivity index (χ1) is 13.5. The Morgan fingerprint density at radius 3 is 2.86 bits per heavy atom. The third kappa shape index (κ3) is 3.24. The fraction of sp³-hybridized carbons (Fsp3) is 0.0526. The van der Waals surface area contributed by atoms with Crippen LogP contribution < -0.4 is 14.6 Å². The molecule has 1 aliphatic rings. The van der Waals surface area contributed by atoms with Crippen LogP contribution in [0.3, 0.4) is 0 Å². The fourth-order valence-electron chi connectivity index (χ4n) is 2.66. The number of nitrogens with zero attached hydrogens (tertiary/aromatic N) is 3. The summed E-state index contributed by atoms with van der Waals surface area (Å²) in [6.07, 6.45) is 1.47. The lowest BCUT2D eigenvalue weighted by atomic mass is 10.1. The summed E-state index contributed by atoms with van der Waals surface area (Å²) in [4.78, 5) is 14.7. The van der Waals surface area contributed by atoms with Crippen molar-refractivity contribution < 1.29 is 19.5 Å². The molecule has 4 rings (SSSR count). The van der Waals surface area contributed by atoms with Crippen LogP contribution in [-0.4, -0.2) is 16.7 Å². The minimum absolute atomic E-state index is 0.177. The first-order valence-corrected chi connectivity index (χ1v) is 8.86. The van der Waals surface area contributed by atoms with E-state index in [1.54, 1.807) is 11.4 Å². The Morgan fingerprint density at radius 2 is 2.07 bits per heavy atom. The average molecular weight is 392 g/mol. The standard InChI is InChI=1S/C19H11N3O5S/c20-8-13(5-11-1-3-16(23)15(6-11)22(24)25)19-21-14(9-28-19)12-2-4-17-18(7-12)27-10-26-17/h1-7,9,23H,10H2/p-1/b13-5+. The van der Waals surface area contributed by atoms with Crippen molar-refractivity contribution in [1.29, 1.82) is 5.26 Å². The van der Waals surface area contributed by atoms with Crippen molar-refractivity contribution >= 4 is 28.7 Å². The molecule has 0 spiro atoms. The second kappa shape index (κ2) is 7.02. The van der Waals surface area contributed by atoms with Gasteiger partial charge in [0.2, 0.25) is 6.79 Å². The van der Waals surface area contributed by atoms with Gasteiger partial charge in [-0.05, 0) is 35.6 Å². The Morgan fingerprint density at radius 1 is 1.25 bits per heavy atom. The second-order valence-corrected chi connectivity index (χ2v) is 6.62. The lowest BCUT2D eigenvalue weighted by Crippen LogP contribution is -1.97. The van der Waals surface area contributed by atoms with Gasteiger partial charge in [-0.25, -0.2) is 4.98 Å². The normalized spacial score (nSPS) is 12.6. The van der Waals surface area contributed by atoms with E-state index in [1.807, 2.05) is 12.1 Å². The molecule has 0 N–H and O–H groups in total. The lowest BCUT2D eigenvalue weighted by molar-refractivity contribution is -0.398. The van der Waals surface area contributed by atoms with Crippen molar-refractivity contribution in [2.45, 2.75) is 0 Å². The van der Waals surface area contributed by atoms with Gasteiger partial charge in [0.1, 0.15) is 11.1 Å². The van der Waals surface area contributed by atoms with E-state index < -0.39 is 16.4 Å². The SMILES string of the molecule is N#C/C(=C\c1ccc([O-])c([N+](=O)[O-])c1)c1nc(-c2ccc3c(c2)OCO3)cs1. The quantitative estimate of drug-likeness (QED) is 0.378. The molecule has 138 valence electrons. The number of benzene rings is 2. The molecule has 3 aromatic rings. The Balaban J connectivity index is 1.67. The minimum Gasteiger partial charge on any atom is -0.868 e. The third-order valence-electron chi connectivity index (χ3n) is 4.01. The molecule has 0 radical (unpaired) electrons. The van der Waals surface area contributed by atoms with Crippen molar-refractivity contribution in [3.63, 3.8) is 0 Å². The molecule has 2 aromatic carbocycles. The molecule has 0 fully saturated rings. The molecule has 0 saturated heterocycles. The number of nitro benzene ring substituents is 1. The predicted octanol–water partition coefficient (Wildman–Crippen LogP) is 3.58. The molecule has 0 aliphatic carbocycles. The van der Waals surface area contributed by atoms with Gasteiger partial charge in [-0.1, -0.05) is 12.1 Å². The van der Waals surface area contributed by atoms with Gasteiger partial charge in [-0.3, -0.25) is 10.1 Å². The monoisotopic (exact) mass is 392 g/mol. The Hall–Kier alpha value is -3.90. The summed E-state index contributed by atoms with van der Waals surface area (Å²) in [5.41, 5.74) is 1.56. The first kappa shape index (κ1) is 17.5. The van der Waals surface area contributed by atoms with Gasteiger partial charge in [0, 0.05) is 17.0 Å². The number of fused-ring (bicyclic) bond motifs is 1. The molecular formula is C19H10N3O5S-. The summed E-state index contributed by atoms with van der Waals surface area (Å²) in [6, 6.07) is 11.2. The highest BCUT2D eigenvalue weighted by atomic mass is 32.1. The Labute approximate surface area is 162 Å². The number of aromatic nitrogens is 1. The Kier molecular flexibility index (Phi) is 4.39. The van der Waals surface area contributed by atoms with E-state index in [2.05, 4.69) is 11.1 Å². The highest BCUT2D eigenvalue weighted by molar-refractivity contribution is 7.11. The molecule has 0 bridgehead atoms. The number of ether oxygens (including phenoxy) is 2. The highest BCUT2D eigenvalue weighted by Gasteiger charge is 2.16. The largest absolute Gasteiger partial charge is 0.868 e. The molecule has 0 atom stereocenters. The highest BCUT2D eigenvalue weighted by Crippen LogP contribution is 2.37. The van der Waals surface area contributed by atoms with Crippen molar-refractivity contribution in [1.82, 2.24) is 4.98 Å². The van der Waals surface area contributed by atoms with Crippen LogP contribution in [0.4, 0.5) is 5.69 Å². The topological polar surface area (TPSA) is 121 Å². The number of rotatable bonds is 4. The van der Waals surface area contributed by atoms with Gasteiger partial charge in [-0.2, -0.15) is 5.26 Å². The number of nitro groups is 1.